The minimum atomic E-state index is -0.215. The van der Waals surface area contributed by atoms with Crippen molar-refractivity contribution in [2.45, 2.75) is 30.3 Å². The van der Waals surface area contributed by atoms with Gasteiger partial charge in [-0.05, 0) is 18.1 Å². The Bertz CT molecular complexity index is 767. The first kappa shape index (κ1) is 17.3. The minimum Gasteiger partial charge on any atom is -0.344 e. The van der Waals surface area contributed by atoms with E-state index in [9.17, 15) is 9.18 Å². The van der Waals surface area contributed by atoms with E-state index in [1.165, 1.54) is 17.8 Å². The van der Waals surface area contributed by atoms with Gasteiger partial charge in [-0.3, -0.25) is 9.89 Å². The summed E-state index contributed by atoms with van der Waals surface area (Å²) in [7, 11) is 0. The van der Waals surface area contributed by atoms with Crippen LogP contribution in [0.2, 0.25) is 0 Å². The van der Waals surface area contributed by atoms with Crippen LogP contribution in [-0.4, -0.2) is 28.4 Å². The van der Waals surface area contributed by atoms with Gasteiger partial charge in [0.2, 0.25) is 0 Å². The van der Waals surface area contributed by atoms with E-state index < -0.39 is 0 Å². The van der Waals surface area contributed by atoms with E-state index in [1.807, 2.05) is 6.07 Å². The second-order valence-electron chi connectivity index (χ2n) is 5.78. The number of aromatic nitrogens is 2. The molecule has 3 heterocycles. The van der Waals surface area contributed by atoms with Gasteiger partial charge in [0.05, 0.1) is 6.04 Å². The monoisotopic (exact) mass is 368 g/mol. The van der Waals surface area contributed by atoms with Crippen LogP contribution in [0.25, 0.3) is 0 Å². The van der Waals surface area contributed by atoms with Crippen molar-refractivity contribution in [1.82, 2.24) is 20.8 Å². The van der Waals surface area contributed by atoms with Gasteiger partial charge in [-0.2, -0.15) is 5.10 Å². The Labute approximate surface area is 149 Å². The number of aromatic amines is 1. The first-order valence-electron chi connectivity index (χ1n) is 7.73. The number of H-pyrrole nitrogens is 1. The van der Waals surface area contributed by atoms with Crippen molar-refractivity contribution in [3.8, 4) is 0 Å². The van der Waals surface area contributed by atoms with Crippen molar-refractivity contribution in [3.05, 3.63) is 46.5 Å². The van der Waals surface area contributed by atoms with Gasteiger partial charge in [0.15, 0.2) is 5.69 Å². The van der Waals surface area contributed by atoms with Gasteiger partial charge in [-0.25, -0.2) is 4.39 Å². The van der Waals surface area contributed by atoms with Gasteiger partial charge in [0.1, 0.15) is 5.82 Å². The number of amides is 1. The van der Waals surface area contributed by atoms with Gasteiger partial charge in [0, 0.05) is 41.4 Å². The summed E-state index contributed by atoms with van der Waals surface area (Å²) in [5, 5.41) is 13.4. The lowest BCUT2D eigenvalue weighted by Crippen LogP contribution is -2.33. The molecular weight excluding hydrogens is 351 g/mol. The van der Waals surface area contributed by atoms with Crippen LogP contribution >= 0.6 is 24.2 Å². The fraction of sp³-hybridized carbons (Fsp3) is 0.375. The molecule has 1 atom stereocenters. The number of hydrogen-bond acceptors (Lipinski definition) is 4. The number of nitrogens with one attached hydrogen (secondary N) is 3. The van der Waals surface area contributed by atoms with E-state index >= 15 is 0 Å². The minimum absolute atomic E-state index is 0. The topological polar surface area (TPSA) is 69.8 Å². The fourth-order valence-corrected chi connectivity index (χ4v) is 4.32. The summed E-state index contributed by atoms with van der Waals surface area (Å²) in [6, 6.07) is 4.88. The zero-order valence-electron chi connectivity index (χ0n) is 12.9. The molecule has 24 heavy (non-hydrogen) atoms. The molecule has 0 fully saturated rings. The van der Waals surface area contributed by atoms with Gasteiger partial charge in [0.25, 0.3) is 5.91 Å². The Morgan fingerprint density at radius 2 is 2.29 bits per heavy atom. The van der Waals surface area contributed by atoms with Crippen molar-refractivity contribution >= 4 is 30.1 Å². The lowest BCUT2D eigenvalue weighted by molar-refractivity contribution is 0.0928. The van der Waals surface area contributed by atoms with Crippen molar-refractivity contribution < 1.29 is 9.18 Å². The third-order valence-corrected chi connectivity index (χ3v) is 5.51. The van der Waals surface area contributed by atoms with E-state index in [4.69, 9.17) is 0 Å². The van der Waals surface area contributed by atoms with Gasteiger partial charge >= 0.3 is 0 Å². The maximum atomic E-state index is 13.9. The van der Waals surface area contributed by atoms with Gasteiger partial charge in [-0.15, -0.1) is 24.2 Å². The molecule has 4 rings (SSSR count). The van der Waals surface area contributed by atoms with E-state index in [-0.39, 0.29) is 30.2 Å². The number of rotatable bonds is 2. The number of carbonyl (C=O) groups excluding carboxylic acids is 1. The molecular formula is C16H18ClFN4OS. The second-order valence-corrected chi connectivity index (χ2v) is 6.88. The molecule has 2 aromatic rings. The van der Waals surface area contributed by atoms with Crippen LogP contribution in [0.4, 0.5) is 4.39 Å². The molecule has 0 aliphatic carbocycles. The maximum absolute atomic E-state index is 13.9. The van der Waals surface area contributed by atoms with Gasteiger partial charge < -0.3 is 10.6 Å². The zero-order valence-corrected chi connectivity index (χ0v) is 14.5. The highest BCUT2D eigenvalue weighted by molar-refractivity contribution is 7.99. The predicted molar refractivity (Wildman–Crippen MR) is 93.2 cm³/mol. The van der Waals surface area contributed by atoms with Crippen molar-refractivity contribution in [2.75, 3.05) is 12.3 Å². The average Bonchev–Trinajstić information content (AvgIpc) is 3.00. The van der Waals surface area contributed by atoms with E-state index in [2.05, 4.69) is 20.8 Å². The van der Waals surface area contributed by atoms with Crippen LogP contribution in [0.5, 0.6) is 0 Å². The van der Waals surface area contributed by atoms with Crippen LogP contribution in [0.1, 0.15) is 39.8 Å². The average molecular weight is 369 g/mol. The Morgan fingerprint density at radius 3 is 3.17 bits per heavy atom. The highest BCUT2D eigenvalue weighted by Gasteiger charge is 2.27. The van der Waals surface area contributed by atoms with Gasteiger partial charge in [-0.1, -0.05) is 12.1 Å². The molecule has 2 aliphatic heterocycles. The summed E-state index contributed by atoms with van der Waals surface area (Å²) in [6.07, 6.45) is 1.64. The molecule has 1 aromatic heterocycles. The summed E-state index contributed by atoms with van der Waals surface area (Å²) in [4.78, 5) is 13.3. The van der Waals surface area contributed by atoms with E-state index in [1.54, 1.807) is 6.07 Å². The predicted octanol–water partition coefficient (Wildman–Crippen LogP) is 2.58. The third kappa shape index (κ3) is 3.03. The Balaban J connectivity index is 0.00000169. The first-order chi connectivity index (χ1) is 11.2. The summed E-state index contributed by atoms with van der Waals surface area (Å²) in [6.45, 7) is 1.54. The van der Waals surface area contributed by atoms with Crippen LogP contribution in [0, 0.1) is 5.82 Å². The highest BCUT2D eigenvalue weighted by atomic mass is 35.5. The van der Waals surface area contributed by atoms with Crippen molar-refractivity contribution in [2.24, 2.45) is 0 Å². The molecule has 3 N–H and O–H groups in total. The van der Waals surface area contributed by atoms with E-state index in [0.717, 1.165) is 42.0 Å². The normalized spacial score (nSPS) is 19.0. The molecule has 0 saturated heterocycles. The molecule has 128 valence electrons. The number of benzene rings is 1. The lowest BCUT2D eigenvalue weighted by Gasteiger charge is -2.26. The number of carbonyl (C=O) groups is 1. The highest BCUT2D eigenvalue weighted by Crippen LogP contribution is 2.37. The lowest BCUT2D eigenvalue weighted by atomic mass is 10.0. The first-order valence-corrected chi connectivity index (χ1v) is 8.71. The molecule has 0 saturated carbocycles. The maximum Gasteiger partial charge on any atom is 0.272 e. The Morgan fingerprint density at radius 1 is 1.42 bits per heavy atom. The van der Waals surface area contributed by atoms with Crippen LogP contribution in [0.15, 0.2) is 23.1 Å². The fourth-order valence-electron chi connectivity index (χ4n) is 3.18. The largest absolute Gasteiger partial charge is 0.344 e. The molecule has 8 heteroatoms. The third-order valence-electron chi connectivity index (χ3n) is 4.35. The summed E-state index contributed by atoms with van der Waals surface area (Å²) >= 11 is 1.51. The SMILES string of the molecule is Cl.O=C(NC1CCSc2c(F)cccc21)c1n[nH]c2c1CNCC2. The molecule has 1 unspecified atom stereocenters. The smallest absolute Gasteiger partial charge is 0.272 e. The molecule has 0 bridgehead atoms. The number of thioether (sulfide) groups is 1. The number of hydrogen-bond donors (Lipinski definition) is 3. The number of halogens is 2. The molecule has 1 aromatic carbocycles. The summed E-state index contributed by atoms with van der Waals surface area (Å²) < 4.78 is 13.9. The Kier molecular flexibility index (Phi) is 5.12. The summed E-state index contributed by atoms with van der Waals surface area (Å²) in [5.74, 6) is 0.380. The summed E-state index contributed by atoms with van der Waals surface area (Å²) in [5.41, 5.74) is 3.28. The molecule has 0 radical (unpaired) electrons. The zero-order chi connectivity index (χ0) is 15.8. The molecule has 2 aliphatic rings. The molecule has 1 amide bonds. The van der Waals surface area contributed by atoms with Crippen LogP contribution < -0.4 is 10.6 Å². The standard InChI is InChI=1S/C16H17FN4OS.ClH/c17-11-3-1-2-9-12(5-7-23-15(9)11)19-16(22)14-10-8-18-6-4-13(10)20-21-14;/h1-3,12,18H,4-8H2,(H,19,22)(H,20,21);1H. The second kappa shape index (κ2) is 7.13. The Hall–Kier alpha value is -1.57. The van der Waals surface area contributed by atoms with Crippen molar-refractivity contribution in [1.29, 1.82) is 0 Å². The van der Waals surface area contributed by atoms with Crippen LogP contribution in [-0.2, 0) is 13.0 Å². The van der Waals surface area contributed by atoms with E-state index in [0.29, 0.717) is 17.1 Å². The van der Waals surface area contributed by atoms with Crippen LogP contribution in [0.3, 0.4) is 0 Å². The quantitative estimate of drug-likeness (QED) is 0.762. The molecule has 0 spiro atoms. The van der Waals surface area contributed by atoms with Crippen molar-refractivity contribution in [3.63, 3.8) is 0 Å². The number of nitrogens with zero attached hydrogens (tertiary/aromatic N) is 1. The number of fused-ring (bicyclic) bond motifs is 2. The molecule has 5 nitrogen and oxygen atoms in total.